The quantitative estimate of drug-likeness (QED) is 0.823. The Balaban J connectivity index is 1.85. The molecule has 1 aromatic rings. The van der Waals surface area contributed by atoms with Gasteiger partial charge in [-0.2, -0.15) is 0 Å². The van der Waals surface area contributed by atoms with Crippen molar-refractivity contribution in [2.75, 3.05) is 11.9 Å². The van der Waals surface area contributed by atoms with Crippen LogP contribution in [0.5, 0.6) is 0 Å². The Morgan fingerprint density at radius 2 is 2.33 bits per heavy atom. The predicted octanol–water partition coefficient (Wildman–Crippen LogP) is 3.00. The summed E-state index contributed by atoms with van der Waals surface area (Å²) >= 11 is 1.76. The van der Waals surface area contributed by atoms with Crippen LogP contribution in [0.25, 0.3) is 0 Å². The first-order valence-electron chi connectivity index (χ1n) is 6.24. The lowest BCUT2D eigenvalue weighted by Crippen LogP contribution is -2.42. The van der Waals surface area contributed by atoms with E-state index in [4.69, 9.17) is 4.74 Å². The van der Waals surface area contributed by atoms with E-state index in [1.165, 1.54) is 10.6 Å². The molecule has 0 radical (unpaired) electrons. The molecule has 0 aromatic carbocycles. The molecule has 1 aliphatic heterocycles. The highest BCUT2D eigenvalue weighted by Crippen LogP contribution is 2.26. The van der Waals surface area contributed by atoms with E-state index in [2.05, 4.69) is 22.1 Å². The van der Waals surface area contributed by atoms with Crippen LogP contribution in [-0.2, 0) is 11.2 Å². The summed E-state index contributed by atoms with van der Waals surface area (Å²) < 4.78 is 5.26. The SMILES string of the molecule is CC(C)(C)OC(=O)N[C@@H]1CCc2sccc2NC1. The van der Waals surface area contributed by atoms with Gasteiger partial charge < -0.3 is 15.4 Å². The fourth-order valence-corrected chi connectivity index (χ4v) is 2.80. The Bertz CT molecular complexity index is 400. The number of carbonyl (C=O) groups excluding carboxylic acids is 1. The molecule has 4 nitrogen and oxygen atoms in total. The Kier molecular flexibility index (Phi) is 3.80. The number of hydrogen-bond donors (Lipinski definition) is 2. The van der Waals surface area contributed by atoms with Crippen molar-refractivity contribution in [3.8, 4) is 0 Å². The van der Waals surface area contributed by atoms with Gasteiger partial charge in [-0.15, -0.1) is 11.3 Å². The highest BCUT2D eigenvalue weighted by atomic mass is 32.1. The highest BCUT2D eigenvalue weighted by Gasteiger charge is 2.21. The smallest absolute Gasteiger partial charge is 0.407 e. The van der Waals surface area contributed by atoms with E-state index in [0.717, 1.165) is 19.4 Å². The minimum absolute atomic E-state index is 0.124. The number of rotatable bonds is 1. The van der Waals surface area contributed by atoms with E-state index in [0.29, 0.717) is 0 Å². The zero-order valence-corrected chi connectivity index (χ0v) is 11.9. The summed E-state index contributed by atoms with van der Waals surface area (Å²) in [5.74, 6) is 0. The maximum atomic E-state index is 11.7. The third-order valence-corrected chi connectivity index (χ3v) is 3.71. The molecule has 0 aliphatic carbocycles. The average Bonchev–Trinajstić information content (AvgIpc) is 2.59. The van der Waals surface area contributed by atoms with Gasteiger partial charge in [0, 0.05) is 23.2 Å². The lowest BCUT2D eigenvalue weighted by atomic mass is 10.1. The first-order chi connectivity index (χ1) is 8.44. The zero-order valence-electron chi connectivity index (χ0n) is 11.1. The first kappa shape index (κ1) is 13.2. The first-order valence-corrected chi connectivity index (χ1v) is 7.12. The van der Waals surface area contributed by atoms with Gasteiger partial charge in [-0.3, -0.25) is 0 Å². The van der Waals surface area contributed by atoms with Crippen LogP contribution >= 0.6 is 11.3 Å². The molecule has 1 atom stereocenters. The second-order valence-electron chi connectivity index (χ2n) is 5.52. The third kappa shape index (κ3) is 3.63. The number of alkyl carbamates (subject to hydrolysis) is 1. The summed E-state index contributed by atoms with van der Waals surface area (Å²) in [4.78, 5) is 13.1. The average molecular weight is 268 g/mol. The number of anilines is 1. The number of aryl methyl sites for hydroxylation is 1. The maximum absolute atomic E-state index is 11.7. The van der Waals surface area contributed by atoms with E-state index in [9.17, 15) is 4.79 Å². The topological polar surface area (TPSA) is 50.4 Å². The molecule has 0 fully saturated rings. The molecule has 100 valence electrons. The lowest BCUT2D eigenvalue weighted by molar-refractivity contribution is 0.0505. The van der Waals surface area contributed by atoms with Crippen LogP contribution in [-0.4, -0.2) is 24.3 Å². The molecule has 2 rings (SSSR count). The fraction of sp³-hybridized carbons (Fsp3) is 0.615. The van der Waals surface area contributed by atoms with Crippen molar-refractivity contribution < 1.29 is 9.53 Å². The van der Waals surface area contributed by atoms with Gasteiger partial charge in [0.25, 0.3) is 0 Å². The second-order valence-corrected chi connectivity index (χ2v) is 6.52. The zero-order chi connectivity index (χ0) is 13.2. The molecule has 1 aliphatic rings. The standard InChI is InChI=1S/C13H20N2O2S/c1-13(2,3)17-12(16)15-9-4-5-11-10(14-8-9)6-7-18-11/h6-7,9,14H,4-5,8H2,1-3H3,(H,15,16)/t9-/m1/s1. The van der Waals surface area contributed by atoms with Crippen molar-refractivity contribution in [1.82, 2.24) is 5.32 Å². The molecule has 2 heterocycles. The number of fused-ring (bicyclic) bond motifs is 1. The fourth-order valence-electron chi connectivity index (χ4n) is 1.93. The minimum Gasteiger partial charge on any atom is -0.444 e. The van der Waals surface area contributed by atoms with Crippen LogP contribution in [0.1, 0.15) is 32.1 Å². The Hall–Kier alpha value is -1.23. The van der Waals surface area contributed by atoms with Crippen LogP contribution in [0.4, 0.5) is 10.5 Å². The van der Waals surface area contributed by atoms with Crippen LogP contribution in [0, 0.1) is 0 Å². The van der Waals surface area contributed by atoms with Crippen LogP contribution < -0.4 is 10.6 Å². The summed E-state index contributed by atoms with van der Waals surface area (Å²) in [5.41, 5.74) is 0.759. The largest absolute Gasteiger partial charge is 0.444 e. The molecule has 18 heavy (non-hydrogen) atoms. The highest BCUT2D eigenvalue weighted by molar-refractivity contribution is 7.10. The summed E-state index contributed by atoms with van der Waals surface area (Å²) in [6.45, 7) is 6.36. The van der Waals surface area contributed by atoms with E-state index < -0.39 is 5.60 Å². The van der Waals surface area contributed by atoms with E-state index >= 15 is 0 Å². The van der Waals surface area contributed by atoms with E-state index in [1.807, 2.05) is 20.8 Å². The van der Waals surface area contributed by atoms with Gasteiger partial charge in [0.15, 0.2) is 0 Å². The molecule has 0 saturated heterocycles. The van der Waals surface area contributed by atoms with Crippen molar-refractivity contribution >= 4 is 23.1 Å². The molecule has 5 heteroatoms. The predicted molar refractivity (Wildman–Crippen MR) is 74.3 cm³/mol. The molecule has 2 N–H and O–H groups in total. The Labute approximate surface area is 112 Å². The van der Waals surface area contributed by atoms with Crippen molar-refractivity contribution in [3.63, 3.8) is 0 Å². The maximum Gasteiger partial charge on any atom is 0.407 e. The van der Waals surface area contributed by atoms with Gasteiger partial charge >= 0.3 is 6.09 Å². The molecular weight excluding hydrogens is 248 g/mol. The van der Waals surface area contributed by atoms with Crippen LogP contribution in [0.3, 0.4) is 0 Å². The summed E-state index contributed by atoms with van der Waals surface area (Å²) in [6, 6.07) is 2.22. The molecule has 1 amide bonds. The van der Waals surface area contributed by atoms with Gasteiger partial charge in [0.05, 0.1) is 0 Å². The number of ether oxygens (including phenoxy) is 1. The molecule has 0 bridgehead atoms. The Morgan fingerprint density at radius 3 is 3.06 bits per heavy atom. The normalized spacial score (nSPS) is 19.4. The number of thiophene rings is 1. The van der Waals surface area contributed by atoms with E-state index in [1.54, 1.807) is 11.3 Å². The van der Waals surface area contributed by atoms with Gasteiger partial charge in [0.2, 0.25) is 0 Å². The number of carbonyl (C=O) groups is 1. The monoisotopic (exact) mass is 268 g/mol. The molecule has 0 unspecified atom stereocenters. The minimum atomic E-state index is -0.444. The summed E-state index contributed by atoms with van der Waals surface area (Å²) in [5, 5.41) is 8.38. The van der Waals surface area contributed by atoms with Crippen molar-refractivity contribution in [3.05, 3.63) is 16.3 Å². The van der Waals surface area contributed by atoms with Crippen molar-refractivity contribution in [1.29, 1.82) is 0 Å². The third-order valence-electron chi connectivity index (χ3n) is 2.73. The number of amides is 1. The lowest BCUT2D eigenvalue weighted by Gasteiger charge is -2.23. The van der Waals surface area contributed by atoms with Gasteiger partial charge in [-0.1, -0.05) is 0 Å². The Morgan fingerprint density at radius 1 is 1.56 bits per heavy atom. The van der Waals surface area contributed by atoms with Gasteiger partial charge in [0.1, 0.15) is 5.60 Å². The van der Waals surface area contributed by atoms with Crippen LogP contribution in [0.15, 0.2) is 11.4 Å². The number of nitrogens with one attached hydrogen (secondary N) is 2. The van der Waals surface area contributed by atoms with Crippen LogP contribution in [0.2, 0.25) is 0 Å². The molecular formula is C13H20N2O2S. The van der Waals surface area contributed by atoms with Gasteiger partial charge in [-0.25, -0.2) is 4.79 Å². The molecule has 0 spiro atoms. The van der Waals surface area contributed by atoms with Gasteiger partial charge in [-0.05, 0) is 45.1 Å². The second kappa shape index (κ2) is 5.18. The molecule has 1 aromatic heterocycles. The van der Waals surface area contributed by atoms with E-state index in [-0.39, 0.29) is 12.1 Å². The van der Waals surface area contributed by atoms with Crippen molar-refractivity contribution in [2.24, 2.45) is 0 Å². The number of hydrogen-bond acceptors (Lipinski definition) is 4. The molecule has 0 saturated carbocycles. The summed E-state index contributed by atoms with van der Waals surface area (Å²) in [7, 11) is 0. The summed E-state index contributed by atoms with van der Waals surface area (Å²) in [6.07, 6.45) is 1.61. The van der Waals surface area contributed by atoms with Crippen molar-refractivity contribution in [2.45, 2.75) is 45.3 Å².